The van der Waals surface area contributed by atoms with Crippen LogP contribution in [-0.2, 0) is 7.05 Å². The van der Waals surface area contributed by atoms with E-state index < -0.39 is 0 Å². The van der Waals surface area contributed by atoms with Crippen LogP contribution in [0.3, 0.4) is 0 Å². The third-order valence-corrected chi connectivity index (χ3v) is 2.82. The van der Waals surface area contributed by atoms with Crippen LogP contribution in [0.4, 0.5) is 5.82 Å². The summed E-state index contributed by atoms with van der Waals surface area (Å²) >= 11 is 0. The van der Waals surface area contributed by atoms with Gasteiger partial charge in [-0.15, -0.1) is 0 Å². The van der Waals surface area contributed by atoms with Crippen LogP contribution >= 0.6 is 0 Å². The predicted molar refractivity (Wildman–Crippen MR) is 68.8 cm³/mol. The summed E-state index contributed by atoms with van der Waals surface area (Å²) in [6.45, 7) is 4.18. The molecule has 0 aliphatic carbocycles. The molecule has 0 saturated carbocycles. The Hall–Kier alpha value is -1.97. The Balaban J connectivity index is 2.51. The number of benzene rings is 1. The minimum atomic E-state index is 0.260. The molecule has 2 aromatic rings. The molecule has 0 aliphatic rings. The number of phenols is 1. The van der Waals surface area contributed by atoms with Gasteiger partial charge in [0.25, 0.3) is 0 Å². The Morgan fingerprint density at radius 3 is 2.47 bits per heavy atom. The average molecular weight is 231 g/mol. The fraction of sp³-hybridized carbons (Fsp3) is 0.308. The Labute approximate surface area is 101 Å². The van der Waals surface area contributed by atoms with E-state index >= 15 is 0 Å². The molecule has 4 heteroatoms. The molecular weight excluding hydrogens is 214 g/mol. The maximum Gasteiger partial charge on any atom is 0.121 e. The third kappa shape index (κ3) is 2.25. The first kappa shape index (κ1) is 11.5. The number of nitrogens with two attached hydrogens (primary N) is 1. The molecule has 0 unspecified atom stereocenters. The van der Waals surface area contributed by atoms with E-state index in [1.165, 1.54) is 0 Å². The number of aromatic nitrogens is 2. The number of hydrogen-bond donors (Lipinski definition) is 2. The Kier molecular flexibility index (Phi) is 2.79. The minimum absolute atomic E-state index is 0.260. The van der Waals surface area contributed by atoms with Gasteiger partial charge in [0.15, 0.2) is 0 Å². The zero-order valence-electron chi connectivity index (χ0n) is 10.3. The van der Waals surface area contributed by atoms with Crippen molar-refractivity contribution in [1.82, 2.24) is 9.78 Å². The molecule has 0 bridgehead atoms. The van der Waals surface area contributed by atoms with Crippen molar-refractivity contribution in [2.75, 3.05) is 5.73 Å². The first-order valence-corrected chi connectivity index (χ1v) is 5.61. The van der Waals surface area contributed by atoms with Crippen molar-refractivity contribution in [3.8, 4) is 17.0 Å². The first-order valence-electron chi connectivity index (χ1n) is 5.61. The standard InChI is InChI=1S/C13H17N3O/c1-8(2)9-4-10(6-11(17)5-9)12-7-13(14)16(3)15-12/h4-8,17H,14H2,1-3H3. The second kappa shape index (κ2) is 4.13. The van der Waals surface area contributed by atoms with Gasteiger partial charge in [-0.25, -0.2) is 0 Å². The van der Waals surface area contributed by atoms with Gasteiger partial charge in [0.05, 0.1) is 5.69 Å². The zero-order chi connectivity index (χ0) is 12.6. The van der Waals surface area contributed by atoms with Gasteiger partial charge in [-0.2, -0.15) is 5.10 Å². The monoisotopic (exact) mass is 231 g/mol. The van der Waals surface area contributed by atoms with E-state index in [2.05, 4.69) is 18.9 Å². The third-order valence-electron chi connectivity index (χ3n) is 2.82. The molecule has 0 aliphatic heterocycles. The molecule has 0 saturated heterocycles. The smallest absolute Gasteiger partial charge is 0.121 e. The van der Waals surface area contributed by atoms with Gasteiger partial charge in [-0.3, -0.25) is 4.68 Å². The number of nitrogen functional groups attached to an aromatic ring is 1. The Morgan fingerprint density at radius 2 is 1.94 bits per heavy atom. The van der Waals surface area contributed by atoms with E-state index in [4.69, 9.17) is 5.73 Å². The fourth-order valence-electron chi connectivity index (χ4n) is 1.74. The Morgan fingerprint density at radius 1 is 1.24 bits per heavy atom. The topological polar surface area (TPSA) is 64.1 Å². The lowest BCUT2D eigenvalue weighted by Gasteiger charge is -2.08. The first-order chi connectivity index (χ1) is 7.97. The quantitative estimate of drug-likeness (QED) is 0.834. The van der Waals surface area contributed by atoms with E-state index in [0.29, 0.717) is 11.7 Å². The van der Waals surface area contributed by atoms with Gasteiger partial charge in [0.1, 0.15) is 11.6 Å². The summed E-state index contributed by atoms with van der Waals surface area (Å²) in [7, 11) is 1.80. The van der Waals surface area contributed by atoms with E-state index in [0.717, 1.165) is 16.8 Å². The molecule has 0 fully saturated rings. The molecule has 0 radical (unpaired) electrons. The highest BCUT2D eigenvalue weighted by Gasteiger charge is 2.09. The minimum Gasteiger partial charge on any atom is -0.508 e. The largest absolute Gasteiger partial charge is 0.508 e. The summed E-state index contributed by atoms with van der Waals surface area (Å²) in [5.41, 5.74) is 8.51. The highest BCUT2D eigenvalue weighted by molar-refractivity contribution is 5.65. The van der Waals surface area contributed by atoms with Crippen molar-refractivity contribution in [1.29, 1.82) is 0 Å². The van der Waals surface area contributed by atoms with Crippen LogP contribution in [-0.4, -0.2) is 14.9 Å². The van der Waals surface area contributed by atoms with Crippen LogP contribution in [0.2, 0.25) is 0 Å². The summed E-state index contributed by atoms with van der Waals surface area (Å²) in [5.74, 6) is 1.23. The van der Waals surface area contributed by atoms with Gasteiger partial charge in [0.2, 0.25) is 0 Å². The maximum atomic E-state index is 9.71. The van der Waals surface area contributed by atoms with Crippen molar-refractivity contribution < 1.29 is 5.11 Å². The summed E-state index contributed by atoms with van der Waals surface area (Å²) in [6, 6.07) is 7.32. The van der Waals surface area contributed by atoms with Crippen LogP contribution in [0.15, 0.2) is 24.3 Å². The summed E-state index contributed by atoms with van der Waals surface area (Å²) < 4.78 is 1.62. The van der Waals surface area contributed by atoms with Crippen molar-refractivity contribution in [2.45, 2.75) is 19.8 Å². The number of aromatic hydroxyl groups is 1. The van der Waals surface area contributed by atoms with Crippen LogP contribution in [0, 0.1) is 0 Å². The molecule has 4 nitrogen and oxygen atoms in total. The van der Waals surface area contributed by atoms with Gasteiger partial charge in [-0.1, -0.05) is 13.8 Å². The molecule has 17 heavy (non-hydrogen) atoms. The fourth-order valence-corrected chi connectivity index (χ4v) is 1.74. The lowest BCUT2D eigenvalue weighted by molar-refractivity contribution is 0.474. The number of aryl methyl sites for hydroxylation is 1. The Bertz CT molecular complexity index is 524. The van der Waals surface area contributed by atoms with Crippen LogP contribution < -0.4 is 5.73 Å². The van der Waals surface area contributed by atoms with Gasteiger partial charge in [0, 0.05) is 18.7 Å². The van der Waals surface area contributed by atoms with Gasteiger partial charge < -0.3 is 10.8 Å². The highest BCUT2D eigenvalue weighted by Crippen LogP contribution is 2.28. The van der Waals surface area contributed by atoms with E-state index in [-0.39, 0.29) is 5.75 Å². The SMILES string of the molecule is CC(C)c1cc(O)cc(-c2cc(N)n(C)n2)c1. The highest BCUT2D eigenvalue weighted by atomic mass is 16.3. The van der Waals surface area contributed by atoms with E-state index in [9.17, 15) is 5.11 Å². The average Bonchev–Trinajstić information content (AvgIpc) is 2.58. The molecule has 1 heterocycles. The maximum absolute atomic E-state index is 9.71. The predicted octanol–water partition coefficient (Wildman–Crippen LogP) is 2.50. The molecule has 0 spiro atoms. The summed E-state index contributed by atoms with van der Waals surface area (Å²) in [5, 5.41) is 14.0. The van der Waals surface area contributed by atoms with E-state index in [1.54, 1.807) is 29.9 Å². The molecule has 1 aromatic carbocycles. The van der Waals surface area contributed by atoms with Crippen LogP contribution in [0.5, 0.6) is 5.75 Å². The molecule has 0 atom stereocenters. The van der Waals surface area contributed by atoms with Crippen molar-refractivity contribution in [2.24, 2.45) is 7.05 Å². The van der Waals surface area contributed by atoms with Crippen molar-refractivity contribution in [3.05, 3.63) is 29.8 Å². The second-order valence-corrected chi connectivity index (χ2v) is 4.55. The molecule has 90 valence electrons. The molecule has 0 amide bonds. The van der Waals surface area contributed by atoms with Crippen LogP contribution in [0.1, 0.15) is 25.3 Å². The molecule has 2 rings (SSSR count). The number of hydrogen-bond acceptors (Lipinski definition) is 3. The number of anilines is 1. The van der Waals surface area contributed by atoms with Crippen LogP contribution in [0.25, 0.3) is 11.3 Å². The normalized spacial score (nSPS) is 11.1. The van der Waals surface area contributed by atoms with Gasteiger partial charge in [-0.05, 0) is 29.7 Å². The summed E-state index contributed by atoms with van der Waals surface area (Å²) in [4.78, 5) is 0. The molecule has 1 aromatic heterocycles. The second-order valence-electron chi connectivity index (χ2n) is 4.55. The molecule has 3 N–H and O–H groups in total. The zero-order valence-corrected chi connectivity index (χ0v) is 10.3. The van der Waals surface area contributed by atoms with E-state index in [1.807, 2.05) is 6.07 Å². The van der Waals surface area contributed by atoms with Crippen molar-refractivity contribution in [3.63, 3.8) is 0 Å². The van der Waals surface area contributed by atoms with Crippen molar-refractivity contribution >= 4 is 5.82 Å². The number of nitrogens with zero attached hydrogens (tertiary/aromatic N) is 2. The van der Waals surface area contributed by atoms with Gasteiger partial charge >= 0.3 is 0 Å². The lowest BCUT2D eigenvalue weighted by Crippen LogP contribution is -1.96. The molecular formula is C13H17N3O. The number of rotatable bonds is 2. The number of phenolic OH excluding ortho intramolecular Hbond substituents is 1. The summed E-state index contributed by atoms with van der Waals surface area (Å²) in [6.07, 6.45) is 0. The lowest BCUT2D eigenvalue weighted by atomic mass is 9.99.